The number of hydrogen-bond donors (Lipinski definition) is 2. The summed E-state index contributed by atoms with van der Waals surface area (Å²) in [6.07, 6.45) is 4.69. The molecule has 0 unspecified atom stereocenters. The summed E-state index contributed by atoms with van der Waals surface area (Å²) in [5, 5.41) is 9.99. The number of hydrogen-bond acceptors (Lipinski definition) is 7. The zero-order chi connectivity index (χ0) is 17.7. The van der Waals surface area contributed by atoms with Gasteiger partial charge in [-0.3, -0.25) is 0 Å². The number of ether oxygens (including phenoxy) is 3. The number of nitrogens with zero attached hydrogens (tertiary/aromatic N) is 2. The van der Waals surface area contributed by atoms with Gasteiger partial charge in [-0.05, 0) is 41.8 Å². The molecule has 0 bridgehead atoms. The van der Waals surface area contributed by atoms with E-state index in [9.17, 15) is 5.11 Å². The summed E-state index contributed by atoms with van der Waals surface area (Å²) in [6, 6.07) is 7.06. The second kappa shape index (κ2) is 5.47. The van der Waals surface area contributed by atoms with Crippen LogP contribution in [0.2, 0.25) is 0 Å². The topological polar surface area (TPSA) is 99.2 Å². The Morgan fingerprint density at radius 2 is 2.12 bits per heavy atom. The number of benzene rings is 1. The van der Waals surface area contributed by atoms with Gasteiger partial charge in [-0.25, -0.2) is 9.98 Å². The Balaban J connectivity index is 1.72. The van der Waals surface area contributed by atoms with E-state index in [-0.39, 0.29) is 18.4 Å². The van der Waals surface area contributed by atoms with Crippen LogP contribution in [0.5, 0.6) is 17.4 Å². The van der Waals surface area contributed by atoms with Gasteiger partial charge in [-0.1, -0.05) is 6.08 Å². The maximum Gasteiger partial charge on any atom is 0.283 e. The van der Waals surface area contributed by atoms with Crippen molar-refractivity contribution in [1.29, 1.82) is 0 Å². The number of aromatic nitrogens is 1. The standard InChI is InChI=1S/C19H17N3O4/c20-18-22-19(10-25-18)14-8-13(23)1-2-16(14)26-17-15(19)7-12(9-21-17)11-3-5-24-6-4-11/h1-3,7-9,23H,4-6,10H2,(H2,20,22)/t19-/m0/s1. The fourth-order valence-electron chi connectivity index (χ4n) is 3.68. The van der Waals surface area contributed by atoms with E-state index in [0.29, 0.717) is 30.4 Å². The SMILES string of the molecule is NC1=N[C@@]2(CO1)c1cc(O)ccc1Oc1ncc(C3=CCOCC3)cc12. The molecule has 3 N–H and O–H groups in total. The van der Waals surface area contributed by atoms with Crippen molar-refractivity contribution >= 4 is 11.6 Å². The van der Waals surface area contributed by atoms with Gasteiger partial charge in [0.25, 0.3) is 6.02 Å². The van der Waals surface area contributed by atoms with Crippen molar-refractivity contribution in [2.45, 2.75) is 12.0 Å². The van der Waals surface area contributed by atoms with Crippen LogP contribution < -0.4 is 10.5 Å². The molecular formula is C19H17N3O4. The van der Waals surface area contributed by atoms with Crippen molar-refractivity contribution in [3.63, 3.8) is 0 Å². The molecule has 3 aliphatic rings. The number of pyridine rings is 1. The molecule has 1 spiro atoms. The molecule has 132 valence electrons. The van der Waals surface area contributed by atoms with Gasteiger partial charge in [0.2, 0.25) is 5.88 Å². The van der Waals surface area contributed by atoms with Crippen molar-refractivity contribution in [1.82, 2.24) is 4.98 Å². The first-order valence-electron chi connectivity index (χ1n) is 8.43. The molecule has 1 aromatic heterocycles. The predicted molar refractivity (Wildman–Crippen MR) is 94.2 cm³/mol. The molecule has 2 aromatic rings. The summed E-state index contributed by atoms with van der Waals surface area (Å²) in [7, 11) is 0. The summed E-state index contributed by atoms with van der Waals surface area (Å²) < 4.78 is 16.9. The van der Waals surface area contributed by atoms with Gasteiger partial charge in [0.15, 0.2) is 5.54 Å². The lowest BCUT2D eigenvalue weighted by atomic mass is 9.81. The first-order valence-corrected chi connectivity index (χ1v) is 8.43. The van der Waals surface area contributed by atoms with Gasteiger partial charge in [0, 0.05) is 11.8 Å². The number of phenols is 1. The minimum atomic E-state index is -0.875. The van der Waals surface area contributed by atoms with E-state index in [2.05, 4.69) is 16.1 Å². The molecule has 3 aliphatic heterocycles. The lowest BCUT2D eigenvalue weighted by molar-refractivity contribution is 0.161. The largest absolute Gasteiger partial charge is 0.508 e. The highest BCUT2D eigenvalue weighted by Crippen LogP contribution is 2.51. The van der Waals surface area contributed by atoms with Crippen LogP contribution >= 0.6 is 0 Å². The lowest BCUT2D eigenvalue weighted by Crippen LogP contribution is -2.31. The zero-order valence-corrected chi connectivity index (χ0v) is 13.9. The van der Waals surface area contributed by atoms with E-state index in [1.54, 1.807) is 24.4 Å². The van der Waals surface area contributed by atoms with Crippen LogP contribution in [-0.4, -0.2) is 35.9 Å². The highest BCUT2D eigenvalue weighted by atomic mass is 16.5. The zero-order valence-electron chi connectivity index (χ0n) is 13.9. The summed E-state index contributed by atoms with van der Waals surface area (Å²) in [6.45, 7) is 1.52. The molecule has 0 amide bonds. The third-order valence-electron chi connectivity index (χ3n) is 4.98. The van der Waals surface area contributed by atoms with Crippen LogP contribution in [0.4, 0.5) is 0 Å². The Hall–Kier alpha value is -3.06. The van der Waals surface area contributed by atoms with Crippen LogP contribution in [0.3, 0.4) is 0 Å². The molecule has 7 heteroatoms. The summed E-state index contributed by atoms with van der Waals surface area (Å²) in [5.41, 5.74) is 8.65. The van der Waals surface area contributed by atoms with Crippen LogP contribution in [0.1, 0.15) is 23.1 Å². The Kier molecular flexibility index (Phi) is 3.20. The second-order valence-corrected chi connectivity index (χ2v) is 6.51. The fraction of sp³-hybridized carbons (Fsp3) is 0.263. The maximum atomic E-state index is 9.99. The normalized spacial score (nSPS) is 23.4. The van der Waals surface area contributed by atoms with Crippen molar-refractivity contribution in [3.05, 3.63) is 53.2 Å². The summed E-state index contributed by atoms with van der Waals surface area (Å²) >= 11 is 0. The molecule has 0 saturated heterocycles. The minimum Gasteiger partial charge on any atom is -0.508 e. The predicted octanol–water partition coefficient (Wildman–Crippen LogP) is 2.29. The number of nitrogens with two attached hydrogens (primary N) is 1. The Bertz CT molecular complexity index is 969. The molecule has 0 saturated carbocycles. The Morgan fingerprint density at radius 1 is 1.19 bits per heavy atom. The monoisotopic (exact) mass is 351 g/mol. The van der Waals surface area contributed by atoms with Crippen LogP contribution in [0.25, 0.3) is 5.57 Å². The van der Waals surface area contributed by atoms with E-state index >= 15 is 0 Å². The molecule has 0 aliphatic carbocycles. The number of amidine groups is 1. The van der Waals surface area contributed by atoms with Crippen LogP contribution in [0.15, 0.2) is 41.5 Å². The number of rotatable bonds is 1. The van der Waals surface area contributed by atoms with E-state index in [0.717, 1.165) is 17.5 Å². The molecule has 1 aromatic carbocycles. The first-order chi connectivity index (χ1) is 12.7. The third kappa shape index (κ3) is 2.17. The molecule has 7 nitrogen and oxygen atoms in total. The quantitative estimate of drug-likeness (QED) is 0.818. The second-order valence-electron chi connectivity index (χ2n) is 6.51. The van der Waals surface area contributed by atoms with Crippen molar-refractivity contribution < 1.29 is 19.3 Å². The Morgan fingerprint density at radius 3 is 2.88 bits per heavy atom. The smallest absolute Gasteiger partial charge is 0.283 e. The van der Waals surface area contributed by atoms with Gasteiger partial charge in [0.1, 0.15) is 18.1 Å². The van der Waals surface area contributed by atoms with Crippen molar-refractivity contribution in [3.8, 4) is 17.4 Å². The average molecular weight is 351 g/mol. The summed E-state index contributed by atoms with van der Waals surface area (Å²) in [5.74, 6) is 1.19. The third-order valence-corrected chi connectivity index (χ3v) is 4.98. The highest BCUT2D eigenvalue weighted by molar-refractivity contribution is 5.77. The highest BCUT2D eigenvalue weighted by Gasteiger charge is 2.48. The van der Waals surface area contributed by atoms with Crippen LogP contribution in [0, 0.1) is 0 Å². The van der Waals surface area contributed by atoms with Gasteiger partial charge >= 0.3 is 0 Å². The maximum absolute atomic E-state index is 9.99. The molecule has 0 radical (unpaired) electrons. The number of fused-ring (bicyclic) bond motifs is 4. The van der Waals surface area contributed by atoms with Crippen molar-refractivity contribution in [2.75, 3.05) is 19.8 Å². The molecular weight excluding hydrogens is 334 g/mol. The van der Waals surface area contributed by atoms with Gasteiger partial charge in [-0.2, -0.15) is 0 Å². The minimum absolute atomic E-state index is 0.114. The average Bonchev–Trinajstić information content (AvgIpc) is 3.06. The van der Waals surface area contributed by atoms with E-state index < -0.39 is 5.54 Å². The molecule has 5 rings (SSSR count). The first kappa shape index (κ1) is 15.2. The lowest BCUT2D eigenvalue weighted by Gasteiger charge is -2.33. The van der Waals surface area contributed by atoms with E-state index in [1.165, 1.54) is 5.57 Å². The number of phenolic OH excluding ortho intramolecular Hbond substituents is 1. The summed E-state index contributed by atoms with van der Waals surface area (Å²) in [4.78, 5) is 9.11. The molecule has 1 atom stereocenters. The van der Waals surface area contributed by atoms with Gasteiger partial charge < -0.3 is 25.1 Å². The van der Waals surface area contributed by atoms with Gasteiger partial charge in [0.05, 0.1) is 18.8 Å². The van der Waals surface area contributed by atoms with Crippen molar-refractivity contribution in [2.24, 2.45) is 10.7 Å². The van der Waals surface area contributed by atoms with Gasteiger partial charge in [-0.15, -0.1) is 0 Å². The molecule has 0 fully saturated rings. The van der Waals surface area contributed by atoms with E-state index in [4.69, 9.17) is 19.9 Å². The van der Waals surface area contributed by atoms with Crippen LogP contribution in [-0.2, 0) is 15.0 Å². The Labute approximate surface area is 149 Å². The van der Waals surface area contributed by atoms with E-state index in [1.807, 2.05) is 6.07 Å². The fourth-order valence-corrected chi connectivity index (χ4v) is 3.68. The molecule has 26 heavy (non-hydrogen) atoms. The number of aromatic hydroxyl groups is 1. The number of aliphatic imine (C=N–C) groups is 1. The molecule has 4 heterocycles.